The van der Waals surface area contributed by atoms with Gasteiger partial charge in [-0.1, -0.05) is 42.5 Å². The number of carbonyl (C=O) groups excluding carboxylic acids is 1. The Morgan fingerprint density at radius 3 is 2.58 bits per heavy atom. The average molecular weight is 483 g/mol. The number of hydrogen-bond acceptors (Lipinski definition) is 4. The standard InChI is InChI=1S/C29H30N4O3/c1-32(2)21-15-13-20(14-16-21)23(24-19-30-25-9-4-3-8-22(24)25)18-31-28(34)12-7-17-33-26-10-5-6-11-27(26)36-29(33)35/h3-6,8-11,13-16,19,23,30H,7,12,17-18H2,1-2H3,(H,31,34). The van der Waals surface area contributed by atoms with Gasteiger partial charge in [-0.15, -0.1) is 0 Å². The van der Waals surface area contributed by atoms with Crippen LogP contribution in [0.15, 0.2) is 88.2 Å². The fraction of sp³-hybridized carbons (Fsp3) is 0.241. The molecular weight excluding hydrogens is 452 g/mol. The van der Waals surface area contributed by atoms with Crippen molar-refractivity contribution in [2.75, 3.05) is 25.5 Å². The molecular formula is C29H30N4O3. The minimum absolute atomic E-state index is 0.00162. The van der Waals surface area contributed by atoms with Gasteiger partial charge in [0.25, 0.3) is 0 Å². The van der Waals surface area contributed by atoms with Crippen molar-refractivity contribution < 1.29 is 9.21 Å². The molecule has 2 aromatic heterocycles. The number of fused-ring (bicyclic) bond motifs is 2. The highest BCUT2D eigenvalue weighted by Gasteiger charge is 2.19. The fourth-order valence-corrected chi connectivity index (χ4v) is 4.72. The Labute approximate surface area is 209 Å². The summed E-state index contributed by atoms with van der Waals surface area (Å²) >= 11 is 0. The quantitative estimate of drug-likeness (QED) is 0.314. The van der Waals surface area contributed by atoms with E-state index in [0.29, 0.717) is 31.5 Å². The normalized spacial score (nSPS) is 12.2. The van der Waals surface area contributed by atoms with Crippen LogP contribution in [0, 0.1) is 0 Å². The highest BCUT2D eigenvalue weighted by atomic mass is 16.4. The number of carbonyl (C=O) groups is 1. The number of H-pyrrole nitrogens is 1. The summed E-state index contributed by atoms with van der Waals surface area (Å²) in [6.07, 6.45) is 2.91. The molecule has 1 atom stereocenters. The zero-order chi connectivity index (χ0) is 25.1. The second-order valence-corrected chi connectivity index (χ2v) is 9.22. The summed E-state index contributed by atoms with van der Waals surface area (Å²) in [6, 6.07) is 24.0. The Balaban J connectivity index is 1.29. The molecule has 0 saturated heterocycles. The molecule has 0 fully saturated rings. The van der Waals surface area contributed by atoms with E-state index < -0.39 is 5.76 Å². The van der Waals surface area contributed by atoms with E-state index in [2.05, 4.69) is 51.6 Å². The molecule has 1 unspecified atom stereocenters. The van der Waals surface area contributed by atoms with Crippen LogP contribution in [0.5, 0.6) is 0 Å². The number of hydrogen-bond donors (Lipinski definition) is 2. The van der Waals surface area contributed by atoms with Crippen LogP contribution in [0.4, 0.5) is 5.69 Å². The zero-order valence-corrected chi connectivity index (χ0v) is 20.5. The summed E-state index contributed by atoms with van der Waals surface area (Å²) in [7, 11) is 4.04. The highest BCUT2D eigenvalue weighted by Crippen LogP contribution is 2.31. The maximum atomic E-state index is 12.8. The third kappa shape index (κ3) is 4.77. The van der Waals surface area contributed by atoms with Crippen molar-refractivity contribution in [3.63, 3.8) is 0 Å². The molecule has 0 saturated carbocycles. The largest absolute Gasteiger partial charge is 0.419 e. The van der Waals surface area contributed by atoms with Gasteiger partial charge in [0.15, 0.2) is 5.58 Å². The van der Waals surface area contributed by atoms with Crippen LogP contribution in [0.1, 0.15) is 29.9 Å². The number of benzene rings is 3. The van der Waals surface area contributed by atoms with Crippen molar-refractivity contribution in [1.82, 2.24) is 14.9 Å². The lowest BCUT2D eigenvalue weighted by atomic mass is 9.90. The summed E-state index contributed by atoms with van der Waals surface area (Å²) in [6.45, 7) is 0.914. The van der Waals surface area contributed by atoms with Crippen LogP contribution in [0.25, 0.3) is 22.0 Å². The average Bonchev–Trinajstić information content (AvgIpc) is 3.45. The third-order valence-corrected chi connectivity index (χ3v) is 6.67. The first-order valence-electron chi connectivity index (χ1n) is 12.2. The molecule has 0 bridgehead atoms. The van der Waals surface area contributed by atoms with E-state index in [1.807, 2.05) is 50.6 Å². The summed E-state index contributed by atoms with van der Waals surface area (Å²) in [4.78, 5) is 30.4. The maximum Gasteiger partial charge on any atom is 0.419 e. The predicted octanol–water partition coefficient (Wildman–Crippen LogP) is 4.87. The van der Waals surface area contributed by atoms with Crippen LogP contribution < -0.4 is 16.0 Å². The fourth-order valence-electron chi connectivity index (χ4n) is 4.72. The van der Waals surface area contributed by atoms with Crippen molar-refractivity contribution in [2.24, 2.45) is 0 Å². The van der Waals surface area contributed by atoms with Gasteiger partial charge < -0.3 is 19.6 Å². The lowest BCUT2D eigenvalue weighted by Gasteiger charge is -2.20. The van der Waals surface area contributed by atoms with Crippen molar-refractivity contribution in [3.8, 4) is 0 Å². The second kappa shape index (κ2) is 10.2. The Morgan fingerprint density at radius 2 is 1.78 bits per heavy atom. The molecule has 5 aromatic rings. The first-order chi connectivity index (χ1) is 17.5. The summed E-state index contributed by atoms with van der Waals surface area (Å²) in [5.74, 6) is -0.426. The van der Waals surface area contributed by atoms with Crippen molar-refractivity contribution in [1.29, 1.82) is 0 Å². The van der Waals surface area contributed by atoms with Crippen LogP contribution in [-0.4, -0.2) is 36.1 Å². The van der Waals surface area contributed by atoms with Gasteiger partial charge >= 0.3 is 5.76 Å². The van der Waals surface area contributed by atoms with E-state index in [4.69, 9.17) is 4.42 Å². The Hall–Kier alpha value is -4.26. The lowest BCUT2D eigenvalue weighted by molar-refractivity contribution is -0.121. The molecule has 184 valence electrons. The number of nitrogens with one attached hydrogen (secondary N) is 2. The van der Waals surface area contributed by atoms with Crippen LogP contribution in [0.2, 0.25) is 0 Å². The third-order valence-electron chi connectivity index (χ3n) is 6.67. The topological polar surface area (TPSA) is 83.3 Å². The number of rotatable bonds is 9. The minimum Gasteiger partial charge on any atom is -0.408 e. The van der Waals surface area contributed by atoms with Crippen molar-refractivity contribution >= 4 is 33.6 Å². The molecule has 1 amide bonds. The molecule has 2 heterocycles. The van der Waals surface area contributed by atoms with Crippen LogP contribution in [-0.2, 0) is 11.3 Å². The van der Waals surface area contributed by atoms with Crippen molar-refractivity contribution in [2.45, 2.75) is 25.3 Å². The molecule has 36 heavy (non-hydrogen) atoms. The lowest BCUT2D eigenvalue weighted by Crippen LogP contribution is -2.29. The molecule has 0 aliphatic rings. The summed E-state index contributed by atoms with van der Waals surface area (Å²) in [5, 5.41) is 4.28. The smallest absolute Gasteiger partial charge is 0.408 e. The Bertz CT molecular complexity index is 1540. The first kappa shape index (κ1) is 23.5. The Kier molecular flexibility index (Phi) is 6.62. The van der Waals surface area contributed by atoms with Crippen LogP contribution >= 0.6 is 0 Å². The highest BCUT2D eigenvalue weighted by molar-refractivity contribution is 5.84. The monoisotopic (exact) mass is 482 g/mol. The molecule has 0 aliphatic carbocycles. The molecule has 5 rings (SSSR count). The number of aromatic amines is 1. The molecule has 0 radical (unpaired) electrons. The number of oxazole rings is 1. The number of aromatic nitrogens is 2. The Morgan fingerprint density at radius 1 is 1.03 bits per heavy atom. The van der Waals surface area contributed by atoms with Gasteiger partial charge in [-0.3, -0.25) is 9.36 Å². The summed E-state index contributed by atoms with van der Waals surface area (Å²) < 4.78 is 6.87. The number of anilines is 1. The maximum absolute atomic E-state index is 12.8. The molecule has 3 aromatic carbocycles. The number of nitrogens with zero attached hydrogens (tertiary/aromatic N) is 2. The van der Waals surface area contributed by atoms with E-state index in [1.165, 1.54) is 0 Å². The van der Waals surface area contributed by atoms with E-state index in [0.717, 1.165) is 33.2 Å². The summed E-state index contributed by atoms with van der Waals surface area (Å²) in [5.41, 5.74) is 5.81. The SMILES string of the molecule is CN(C)c1ccc(C(CNC(=O)CCCn2c(=O)oc3ccccc32)c2c[nH]c3ccccc23)cc1. The van der Waals surface area contributed by atoms with Crippen LogP contribution in [0.3, 0.4) is 0 Å². The first-order valence-corrected chi connectivity index (χ1v) is 12.2. The van der Waals surface area contributed by atoms with Gasteiger partial charge in [-0.2, -0.15) is 0 Å². The van der Waals surface area contributed by atoms with E-state index in [1.54, 1.807) is 10.6 Å². The van der Waals surface area contributed by atoms with E-state index >= 15 is 0 Å². The van der Waals surface area contributed by atoms with E-state index in [-0.39, 0.29) is 11.8 Å². The zero-order valence-electron chi connectivity index (χ0n) is 20.5. The van der Waals surface area contributed by atoms with E-state index in [9.17, 15) is 9.59 Å². The minimum atomic E-state index is -0.392. The molecule has 7 nitrogen and oxygen atoms in total. The molecule has 0 spiro atoms. The number of amides is 1. The predicted molar refractivity (Wildman–Crippen MR) is 144 cm³/mol. The second-order valence-electron chi connectivity index (χ2n) is 9.22. The number of aryl methyl sites for hydroxylation is 1. The van der Waals surface area contributed by atoms with Gasteiger partial charge in [0.05, 0.1) is 5.52 Å². The molecule has 7 heteroatoms. The van der Waals surface area contributed by atoms with Gasteiger partial charge in [-0.05, 0) is 47.9 Å². The van der Waals surface area contributed by atoms with Gasteiger partial charge in [0.2, 0.25) is 5.91 Å². The van der Waals surface area contributed by atoms with Crippen molar-refractivity contribution in [3.05, 3.63) is 101 Å². The van der Waals surface area contributed by atoms with Gasteiger partial charge in [0, 0.05) is 62.3 Å². The molecule has 2 N–H and O–H groups in total. The number of para-hydroxylation sites is 3. The van der Waals surface area contributed by atoms with Gasteiger partial charge in [0.1, 0.15) is 0 Å². The van der Waals surface area contributed by atoms with Gasteiger partial charge in [-0.25, -0.2) is 4.79 Å². The molecule has 0 aliphatic heterocycles.